The summed E-state index contributed by atoms with van der Waals surface area (Å²) < 4.78 is 5.53. The molecule has 0 heterocycles. The SMILES string of the molecule is O=C(N[C@@H](CCCc1cccc2ccccc12)C(=O)O)OCC1c2ccccc2-c2ccccc21. The van der Waals surface area contributed by atoms with Gasteiger partial charge in [0.15, 0.2) is 0 Å². The van der Waals surface area contributed by atoms with E-state index in [-0.39, 0.29) is 12.5 Å². The van der Waals surface area contributed by atoms with Crippen molar-refractivity contribution in [3.8, 4) is 11.1 Å². The van der Waals surface area contributed by atoms with Gasteiger partial charge in [0.05, 0.1) is 0 Å². The van der Waals surface area contributed by atoms with Gasteiger partial charge in [0.2, 0.25) is 0 Å². The van der Waals surface area contributed by atoms with Gasteiger partial charge in [-0.05, 0) is 57.9 Å². The number of benzene rings is 4. The second kappa shape index (κ2) is 10.0. The summed E-state index contributed by atoms with van der Waals surface area (Å²) in [7, 11) is 0. The largest absolute Gasteiger partial charge is 0.480 e. The quantitative estimate of drug-likeness (QED) is 0.327. The van der Waals surface area contributed by atoms with Crippen LogP contribution in [0.3, 0.4) is 0 Å². The van der Waals surface area contributed by atoms with Gasteiger partial charge in [-0.25, -0.2) is 9.59 Å². The summed E-state index contributed by atoms with van der Waals surface area (Å²) in [6.07, 6.45) is 0.985. The smallest absolute Gasteiger partial charge is 0.407 e. The first-order valence-corrected chi connectivity index (χ1v) is 11.9. The van der Waals surface area contributed by atoms with E-state index in [1.54, 1.807) is 0 Å². The number of nitrogens with one attached hydrogen (secondary N) is 1. The standard InChI is InChI=1S/C30H27NO4/c32-29(33)28(18-8-12-21-11-7-10-20-9-1-2-13-22(20)21)31-30(34)35-19-27-25-16-5-3-14-23(25)24-15-4-6-17-26(24)27/h1-7,9-11,13-17,27-28H,8,12,18-19H2,(H,31,34)(H,32,33)/t28-/m0/s1. The Hall–Kier alpha value is -4.12. The third kappa shape index (κ3) is 4.76. The Kier molecular flexibility index (Phi) is 6.49. The van der Waals surface area contributed by atoms with Crippen molar-refractivity contribution in [2.24, 2.45) is 0 Å². The van der Waals surface area contributed by atoms with E-state index in [9.17, 15) is 14.7 Å². The molecule has 0 bridgehead atoms. The Labute approximate surface area is 204 Å². The second-order valence-electron chi connectivity index (χ2n) is 8.89. The van der Waals surface area contributed by atoms with Crippen LogP contribution in [0.1, 0.15) is 35.4 Å². The minimum Gasteiger partial charge on any atom is -0.480 e. The lowest BCUT2D eigenvalue weighted by atomic mass is 9.98. The molecule has 1 atom stereocenters. The van der Waals surface area contributed by atoms with Crippen molar-refractivity contribution in [2.45, 2.75) is 31.2 Å². The lowest BCUT2D eigenvalue weighted by Gasteiger charge is -2.17. The number of ether oxygens (including phenoxy) is 1. The zero-order valence-electron chi connectivity index (χ0n) is 19.3. The zero-order chi connectivity index (χ0) is 24.2. The number of carbonyl (C=O) groups is 2. The zero-order valence-corrected chi connectivity index (χ0v) is 19.3. The van der Waals surface area contributed by atoms with Crippen LogP contribution in [-0.4, -0.2) is 29.8 Å². The number of hydrogen-bond donors (Lipinski definition) is 2. The van der Waals surface area contributed by atoms with Crippen molar-refractivity contribution in [2.75, 3.05) is 6.61 Å². The Morgan fingerprint density at radius 1 is 0.829 bits per heavy atom. The summed E-state index contributed by atoms with van der Waals surface area (Å²) in [4.78, 5) is 24.4. The van der Waals surface area contributed by atoms with Crippen molar-refractivity contribution in [1.82, 2.24) is 5.32 Å². The van der Waals surface area contributed by atoms with E-state index in [0.717, 1.165) is 34.1 Å². The molecule has 0 spiro atoms. The van der Waals surface area contributed by atoms with Crippen molar-refractivity contribution < 1.29 is 19.4 Å². The molecular weight excluding hydrogens is 438 g/mol. The molecule has 0 saturated heterocycles. The number of aliphatic carboxylic acids is 1. The van der Waals surface area contributed by atoms with Crippen molar-refractivity contribution in [1.29, 1.82) is 0 Å². The maximum atomic E-state index is 12.5. The van der Waals surface area contributed by atoms with Crippen molar-refractivity contribution >= 4 is 22.8 Å². The van der Waals surface area contributed by atoms with Crippen LogP contribution < -0.4 is 5.32 Å². The molecule has 4 aromatic carbocycles. The number of carboxylic acids is 1. The lowest BCUT2D eigenvalue weighted by molar-refractivity contribution is -0.139. The Bertz CT molecular complexity index is 1330. The van der Waals surface area contributed by atoms with Gasteiger partial charge in [0, 0.05) is 5.92 Å². The molecule has 1 aliphatic rings. The maximum absolute atomic E-state index is 12.5. The summed E-state index contributed by atoms with van der Waals surface area (Å²) >= 11 is 0. The molecule has 0 radical (unpaired) electrons. The number of alkyl carbamates (subject to hydrolysis) is 1. The van der Waals surface area contributed by atoms with Crippen LogP contribution in [0.2, 0.25) is 0 Å². The number of hydrogen-bond acceptors (Lipinski definition) is 3. The van der Waals surface area contributed by atoms with Crippen LogP contribution >= 0.6 is 0 Å². The molecule has 5 rings (SSSR count). The highest BCUT2D eigenvalue weighted by Crippen LogP contribution is 2.44. The monoisotopic (exact) mass is 465 g/mol. The molecule has 1 amide bonds. The Morgan fingerprint density at radius 2 is 1.46 bits per heavy atom. The van der Waals surface area contributed by atoms with Gasteiger partial charge in [0.1, 0.15) is 12.6 Å². The first kappa shape index (κ1) is 22.7. The van der Waals surface area contributed by atoms with E-state index < -0.39 is 18.1 Å². The lowest BCUT2D eigenvalue weighted by Crippen LogP contribution is -2.41. The molecule has 0 fully saturated rings. The van der Waals surface area contributed by atoms with Crippen molar-refractivity contribution in [3.63, 3.8) is 0 Å². The average molecular weight is 466 g/mol. The van der Waals surface area contributed by atoms with Crippen LogP contribution in [0.4, 0.5) is 4.79 Å². The predicted molar refractivity (Wildman–Crippen MR) is 137 cm³/mol. The van der Waals surface area contributed by atoms with Gasteiger partial charge in [0.25, 0.3) is 0 Å². The summed E-state index contributed by atoms with van der Waals surface area (Å²) in [5, 5.41) is 14.5. The van der Waals surface area contributed by atoms with Crippen LogP contribution in [0.15, 0.2) is 91.0 Å². The van der Waals surface area contributed by atoms with Gasteiger partial charge in [-0.1, -0.05) is 91.0 Å². The third-order valence-corrected chi connectivity index (χ3v) is 6.75. The highest BCUT2D eigenvalue weighted by molar-refractivity contribution is 5.85. The molecule has 0 unspecified atom stereocenters. The second-order valence-corrected chi connectivity index (χ2v) is 8.89. The summed E-state index contributed by atoms with van der Waals surface area (Å²) in [6, 6.07) is 29.5. The Morgan fingerprint density at radius 3 is 2.17 bits per heavy atom. The molecule has 1 aliphatic carbocycles. The van der Waals surface area contributed by atoms with Gasteiger partial charge in [-0.2, -0.15) is 0 Å². The highest BCUT2D eigenvalue weighted by Gasteiger charge is 2.29. The fourth-order valence-corrected chi connectivity index (χ4v) is 5.05. The van der Waals surface area contributed by atoms with Crippen LogP contribution in [0.25, 0.3) is 21.9 Å². The number of aryl methyl sites for hydroxylation is 1. The number of amides is 1. The normalized spacial score (nSPS) is 13.1. The van der Waals surface area contributed by atoms with Gasteiger partial charge in [-0.15, -0.1) is 0 Å². The van der Waals surface area contributed by atoms with Crippen LogP contribution in [-0.2, 0) is 16.0 Å². The van der Waals surface area contributed by atoms with Gasteiger partial charge >= 0.3 is 12.1 Å². The molecule has 0 aliphatic heterocycles. The molecule has 35 heavy (non-hydrogen) atoms. The minimum atomic E-state index is -1.06. The van der Waals surface area contributed by atoms with Gasteiger partial charge in [-0.3, -0.25) is 0 Å². The van der Waals surface area contributed by atoms with Gasteiger partial charge < -0.3 is 15.2 Å². The van der Waals surface area contributed by atoms with E-state index in [2.05, 4.69) is 53.8 Å². The maximum Gasteiger partial charge on any atom is 0.407 e. The first-order chi connectivity index (χ1) is 17.1. The summed E-state index contributed by atoms with van der Waals surface area (Å²) in [5.74, 6) is -1.13. The summed E-state index contributed by atoms with van der Waals surface area (Å²) in [6.45, 7) is 0.155. The number of carbonyl (C=O) groups excluding carboxylic acids is 1. The predicted octanol–water partition coefficient (Wildman–Crippen LogP) is 6.15. The first-order valence-electron chi connectivity index (χ1n) is 11.9. The fourth-order valence-electron chi connectivity index (χ4n) is 5.05. The molecule has 0 saturated carbocycles. The van der Waals surface area contributed by atoms with E-state index in [4.69, 9.17) is 4.74 Å². The molecule has 4 aromatic rings. The average Bonchev–Trinajstić information content (AvgIpc) is 3.20. The highest BCUT2D eigenvalue weighted by atomic mass is 16.5. The third-order valence-electron chi connectivity index (χ3n) is 6.75. The molecule has 2 N–H and O–H groups in total. The van der Waals surface area contributed by atoms with E-state index in [0.29, 0.717) is 12.8 Å². The van der Waals surface area contributed by atoms with Crippen LogP contribution in [0, 0.1) is 0 Å². The van der Waals surface area contributed by atoms with E-state index in [1.165, 1.54) is 10.9 Å². The Balaban J connectivity index is 1.19. The number of fused-ring (bicyclic) bond motifs is 4. The number of rotatable bonds is 8. The van der Waals surface area contributed by atoms with E-state index >= 15 is 0 Å². The molecular formula is C30H27NO4. The van der Waals surface area contributed by atoms with Crippen LogP contribution in [0.5, 0.6) is 0 Å². The van der Waals surface area contributed by atoms with Crippen molar-refractivity contribution in [3.05, 3.63) is 108 Å². The summed E-state index contributed by atoms with van der Waals surface area (Å²) in [5.41, 5.74) is 5.70. The minimum absolute atomic E-state index is 0.0669. The fraction of sp³-hybridized carbons (Fsp3) is 0.200. The molecule has 5 nitrogen and oxygen atoms in total. The number of carboxylic acid groups (broad SMARTS) is 1. The van der Waals surface area contributed by atoms with E-state index in [1.807, 2.05) is 42.5 Å². The molecule has 0 aromatic heterocycles. The molecule has 5 heteroatoms. The topological polar surface area (TPSA) is 75.6 Å². The molecule has 176 valence electrons.